The van der Waals surface area contributed by atoms with Crippen LogP contribution in [0, 0.1) is 0 Å². The Morgan fingerprint density at radius 3 is 2.75 bits per heavy atom. The lowest BCUT2D eigenvalue weighted by atomic mass is 10.5. The normalized spacial score (nSPS) is 20.4. The quantitative estimate of drug-likeness (QED) is 0.657. The Labute approximate surface area is 70.8 Å². The van der Waals surface area contributed by atoms with Crippen molar-refractivity contribution in [1.82, 2.24) is 0 Å². The van der Waals surface area contributed by atoms with Crippen LogP contribution in [0.25, 0.3) is 0 Å². The van der Waals surface area contributed by atoms with Gasteiger partial charge in [-0.05, 0) is 6.92 Å². The van der Waals surface area contributed by atoms with Crippen LogP contribution < -0.4 is 5.73 Å². The van der Waals surface area contributed by atoms with Crippen LogP contribution in [0.2, 0.25) is 0 Å². The van der Waals surface area contributed by atoms with Gasteiger partial charge in [-0.15, -0.1) is 0 Å². The van der Waals surface area contributed by atoms with E-state index in [4.69, 9.17) is 10.5 Å². The molecule has 0 amide bonds. The fraction of sp³-hybridized carbons (Fsp3) is 0.500. The Bertz CT molecular complexity index is 329. The van der Waals surface area contributed by atoms with Gasteiger partial charge in [0, 0.05) is 6.61 Å². The summed E-state index contributed by atoms with van der Waals surface area (Å²) in [6.45, 7) is 2.53. The highest BCUT2D eigenvalue weighted by Gasteiger charge is 2.21. The Morgan fingerprint density at radius 1 is 1.67 bits per heavy atom. The maximum Gasteiger partial charge on any atom is 0.234 e. The van der Waals surface area contributed by atoms with Gasteiger partial charge in [0.15, 0.2) is 0 Å². The first kappa shape index (κ1) is 9.21. The van der Waals surface area contributed by atoms with Crippen molar-refractivity contribution in [2.45, 2.75) is 6.92 Å². The van der Waals surface area contributed by atoms with Crippen molar-refractivity contribution in [3.63, 3.8) is 0 Å². The minimum Gasteiger partial charge on any atom is -0.375 e. The first-order valence-corrected chi connectivity index (χ1v) is 4.98. The third-order valence-electron chi connectivity index (χ3n) is 1.29. The first-order valence-electron chi connectivity index (χ1n) is 3.44. The molecule has 0 aromatic rings. The molecule has 1 heterocycles. The van der Waals surface area contributed by atoms with Gasteiger partial charge in [0.05, 0.1) is 17.7 Å². The third-order valence-corrected chi connectivity index (χ3v) is 2.55. The van der Waals surface area contributed by atoms with Gasteiger partial charge in [-0.2, -0.15) is 0 Å². The molecule has 1 aliphatic rings. The minimum atomic E-state index is -3.42. The molecule has 0 atom stereocenters. The summed E-state index contributed by atoms with van der Waals surface area (Å²) < 4.78 is 26.9. The average Bonchev–Trinajstić information content (AvgIpc) is 2.22. The van der Waals surface area contributed by atoms with Crippen LogP contribution in [0.4, 0.5) is 0 Å². The monoisotopic (exact) mass is 190 g/mol. The molecule has 6 heteroatoms. The van der Waals surface area contributed by atoms with E-state index in [2.05, 4.69) is 4.99 Å². The highest BCUT2D eigenvalue weighted by molar-refractivity contribution is 8.09. The Kier molecular flexibility index (Phi) is 2.49. The first-order chi connectivity index (χ1) is 5.56. The molecular formula is C6H10N2O3S. The molecule has 5 nitrogen and oxygen atoms in total. The van der Waals surface area contributed by atoms with Crippen LogP contribution in [-0.2, 0) is 14.6 Å². The topological polar surface area (TPSA) is 81.8 Å². The molecule has 12 heavy (non-hydrogen) atoms. The van der Waals surface area contributed by atoms with Gasteiger partial charge in [-0.1, -0.05) is 0 Å². The average molecular weight is 190 g/mol. The zero-order chi connectivity index (χ0) is 9.19. The summed E-state index contributed by atoms with van der Waals surface area (Å²) in [5, 5.41) is 0.676. The number of amidine groups is 1. The van der Waals surface area contributed by atoms with Crippen LogP contribution in [0.15, 0.2) is 16.1 Å². The molecule has 0 unspecified atom stereocenters. The van der Waals surface area contributed by atoms with Crippen LogP contribution >= 0.6 is 0 Å². The maximum absolute atomic E-state index is 10.9. The van der Waals surface area contributed by atoms with E-state index in [-0.39, 0.29) is 11.8 Å². The second-order valence-electron chi connectivity index (χ2n) is 2.24. The number of rotatable bonds is 3. The predicted molar refractivity (Wildman–Crippen MR) is 45.1 cm³/mol. The third kappa shape index (κ3) is 1.83. The molecular weight excluding hydrogens is 180 g/mol. The second-order valence-corrected chi connectivity index (χ2v) is 3.99. The smallest absolute Gasteiger partial charge is 0.234 e. The van der Waals surface area contributed by atoms with Gasteiger partial charge in [-0.25, -0.2) is 13.4 Å². The van der Waals surface area contributed by atoms with Crippen molar-refractivity contribution in [3.8, 4) is 0 Å². The van der Waals surface area contributed by atoms with Crippen LogP contribution in [-0.4, -0.2) is 26.8 Å². The predicted octanol–water partition coefficient (Wildman–Crippen LogP) is -0.393. The highest BCUT2D eigenvalue weighted by atomic mass is 32.2. The summed E-state index contributed by atoms with van der Waals surface area (Å²) in [5.41, 5.74) is 5.48. The molecule has 1 aliphatic heterocycles. The van der Waals surface area contributed by atoms with E-state index in [0.717, 1.165) is 5.41 Å². The number of aliphatic imine (C=N–C) groups is 1. The van der Waals surface area contributed by atoms with E-state index in [1.165, 1.54) is 0 Å². The van der Waals surface area contributed by atoms with E-state index in [1.54, 1.807) is 0 Å². The van der Waals surface area contributed by atoms with Crippen LogP contribution in [0.1, 0.15) is 6.92 Å². The molecule has 68 valence electrons. The summed E-state index contributed by atoms with van der Waals surface area (Å²) in [4.78, 5) is 3.62. The highest BCUT2D eigenvalue weighted by Crippen LogP contribution is 2.11. The number of hydrogen-bond acceptors (Lipinski definition) is 5. The Morgan fingerprint density at radius 2 is 2.33 bits per heavy atom. The second kappa shape index (κ2) is 3.24. The van der Waals surface area contributed by atoms with Gasteiger partial charge >= 0.3 is 0 Å². The minimum absolute atomic E-state index is 0.191. The number of nitrogens with two attached hydrogens (primary N) is 1. The lowest BCUT2D eigenvalue weighted by molar-refractivity contribution is 0.170. The zero-order valence-corrected chi connectivity index (χ0v) is 7.47. The van der Waals surface area contributed by atoms with Gasteiger partial charge < -0.3 is 10.5 Å². The largest absolute Gasteiger partial charge is 0.375 e. The van der Waals surface area contributed by atoms with E-state index in [0.29, 0.717) is 12.3 Å². The van der Waals surface area contributed by atoms with Gasteiger partial charge in [0.2, 0.25) is 15.0 Å². The van der Waals surface area contributed by atoms with Crippen LogP contribution in [0.5, 0.6) is 0 Å². The van der Waals surface area contributed by atoms with E-state index in [9.17, 15) is 8.42 Å². The molecule has 0 bridgehead atoms. The maximum atomic E-state index is 10.9. The molecule has 1 rings (SSSR count). The fourth-order valence-corrected chi connectivity index (χ4v) is 1.59. The van der Waals surface area contributed by atoms with Gasteiger partial charge in [0.1, 0.15) is 0 Å². The molecule has 0 saturated carbocycles. The van der Waals surface area contributed by atoms with Gasteiger partial charge in [0.25, 0.3) is 0 Å². The summed E-state index contributed by atoms with van der Waals surface area (Å²) in [7, 11) is -3.42. The van der Waals surface area contributed by atoms with Gasteiger partial charge in [-0.3, -0.25) is 0 Å². The standard InChI is InChI=1S/C6H10N2O3S/c1-2-11-3-5-4-12(9,10)6(7)8-5/h4H,2-3H2,1H3,(H2,7,8). The number of sulfone groups is 1. The van der Waals surface area contributed by atoms with Crippen molar-refractivity contribution >= 4 is 15.0 Å². The molecule has 0 aliphatic carbocycles. The van der Waals surface area contributed by atoms with Crippen LogP contribution in [0.3, 0.4) is 0 Å². The molecule has 0 saturated heterocycles. The molecule has 0 aromatic heterocycles. The zero-order valence-electron chi connectivity index (χ0n) is 6.65. The molecule has 0 aromatic carbocycles. The molecule has 0 radical (unpaired) electrons. The summed E-state index contributed by atoms with van der Waals surface area (Å²) in [6.07, 6.45) is 0. The van der Waals surface area contributed by atoms with Crippen molar-refractivity contribution in [2.24, 2.45) is 10.7 Å². The van der Waals surface area contributed by atoms with E-state index < -0.39 is 9.84 Å². The number of hydrogen-bond donors (Lipinski definition) is 1. The van der Waals surface area contributed by atoms with E-state index >= 15 is 0 Å². The summed E-state index contributed by atoms with van der Waals surface area (Å²) in [6, 6.07) is 0. The van der Waals surface area contributed by atoms with Crippen molar-refractivity contribution in [2.75, 3.05) is 13.2 Å². The Hall–Kier alpha value is -0.880. The summed E-state index contributed by atoms with van der Waals surface area (Å²) in [5.74, 6) is 0. The lowest BCUT2D eigenvalue weighted by Gasteiger charge is -1.95. The fourth-order valence-electron chi connectivity index (χ4n) is 0.744. The van der Waals surface area contributed by atoms with E-state index in [1.807, 2.05) is 6.92 Å². The molecule has 2 N–H and O–H groups in total. The number of ether oxygens (including phenoxy) is 1. The Balaban J connectivity index is 2.73. The summed E-state index contributed by atoms with van der Waals surface area (Å²) >= 11 is 0. The number of nitrogens with zero attached hydrogens (tertiary/aromatic N) is 1. The molecule has 0 spiro atoms. The molecule has 0 fully saturated rings. The lowest BCUT2D eigenvalue weighted by Crippen LogP contribution is -2.18. The van der Waals surface area contributed by atoms with Crippen molar-refractivity contribution in [1.29, 1.82) is 0 Å². The van der Waals surface area contributed by atoms with Crippen molar-refractivity contribution < 1.29 is 13.2 Å². The SMILES string of the molecule is CCOCC1=CS(=O)(=O)C(N)=N1. The van der Waals surface area contributed by atoms with Crippen molar-refractivity contribution in [3.05, 3.63) is 11.1 Å².